The molecule has 4 nitrogen and oxygen atoms in total. The molecule has 0 aromatic heterocycles. The van der Waals surface area contributed by atoms with E-state index in [1.807, 2.05) is 19.9 Å². The first-order valence-corrected chi connectivity index (χ1v) is 10.1. The average molecular weight is 392 g/mol. The molecule has 152 valence electrons. The molecule has 0 fully saturated rings. The Labute approximate surface area is 172 Å². The van der Waals surface area contributed by atoms with Gasteiger partial charge in [0.1, 0.15) is 29.1 Å². The van der Waals surface area contributed by atoms with Crippen LogP contribution >= 0.6 is 0 Å². The predicted molar refractivity (Wildman–Crippen MR) is 114 cm³/mol. The number of rotatable bonds is 4. The highest BCUT2D eigenvalue weighted by Crippen LogP contribution is 2.54. The van der Waals surface area contributed by atoms with Gasteiger partial charge in [-0.25, -0.2) is 0 Å². The van der Waals surface area contributed by atoms with E-state index in [2.05, 4.69) is 26.0 Å². The first-order valence-electron chi connectivity index (χ1n) is 10.1. The quantitative estimate of drug-likeness (QED) is 0.653. The van der Waals surface area contributed by atoms with Crippen LogP contribution in [0.5, 0.6) is 23.0 Å². The van der Waals surface area contributed by atoms with Gasteiger partial charge in [0, 0.05) is 22.8 Å². The number of ether oxygens (including phenoxy) is 2. The van der Waals surface area contributed by atoms with Crippen LogP contribution in [0.1, 0.15) is 62.0 Å². The summed E-state index contributed by atoms with van der Waals surface area (Å²) >= 11 is 0. The SMILES string of the molecule is CC(C)=CCc1cc2c(cc1O)OCC1c3cc(O)cc(CC=C(C)C)c3OC21. The van der Waals surface area contributed by atoms with Crippen LogP contribution in [-0.4, -0.2) is 16.8 Å². The van der Waals surface area contributed by atoms with Crippen molar-refractivity contribution >= 4 is 0 Å². The number of phenols is 2. The van der Waals surface area contributed by atoms with Gasteiger partial charge in [0.15, 0.2) is 0 Å². The summed E-state index contributed by atoms with van der Waals surface area (Å²) in [5.74, 6) is 2.05. The van der Waals surface area contributed by atoms with E-state index in [1.165, 1.54) is 11.1 Å². The van der Waals surface area contributed by atoms with Gasteiger partial charge in [0.05, 0.1) is 12.5 Å². The predicted octanol–water partition coefficient (Wildman–Crippen LogP) is 5.72. The molecule has 2 aromatic rings. The van der Waals surface area contributed by atoms with E-state index in [0.29, 0.717) is 25.2 Å². The summed E-state index contributed by atoms with van der Waals surface area (Å²) in [6, 6.07) is 7.29. The fourth-order valence-corrected chi connectivity index (χ4v) is 4.05. The molecule has 29 heavy (non-hydrogen) atoms. The fourth-order valence-electron chi connectivity index (χ4n) is 4.05. The van der Waals surface area contributed by atoms with E-state index in [0.717, 1.165) is 28.0 Å². The zero-order valence-electron chi connectivity index (χ0n) is 17.5. The third-order valence-electron chi connectivity index (χ3n) is 5.59. The summed E-state index contributed by atoms with van der Waals surface area (Å²) in [6.45, 7) is 8.68. The summed E-state index contributed by atoms with van der Waals surface area (Å²) in [7, 11) is 0. The van der Waals surface area contributed by atoms with Crippen LogP contribution in [0, 0.1) is 0 Å². The molecule has 2 aliphatic heterocycles. The van der Waals surface area contributed by atoms with Gasteiger partial charge in [0.2, 0.25) is 0 Å². The van der Waals surface area contributed by atoms with Crippen LogP contribution in [0.2, 0.25) is 0 Å². The lowest BCUT2D eigenvalue weighted by Gasteiger charge is -2.28. The molecule has 2 aromatic carbocycles. The first-order chi connectivity index (χ1) is 13.8. The molecule has 0 amide bonds. The average Bonchev–Trinajstić information content (AvgIpc) is 3.03. The molecule has 0 aliphatic carbocycles. The monoisotopic (exact) mass is 392 g/mol. The first kappa shape index (κ1) is 19.4. The van der Waals surface area contributed by atoms with Crippen molar-refractivity contribution < 1.29 is 19.7 Å². The fraction of sp³-hybridized carbons (Fsp3) is 0.360. The molecule has 0 saturated carbocycles. The number of hydrogen-bond donors (Lipinski definition) is 2. The molecule has 0 saturated heterocycles. The van der Waals surface area contributed by atoms with Crippen molar-refractivity contribution in [1.82, 2.24) is 0 Å². The van der Waals surface area contributed by atoms with Gasteiger partial charge in [0.25, 0.3) is 0 Å². The Morgan fingerprint density at radius 2 is 1.62 bits per heavy atom. The molecule has 2 aliphatic rings. The number of phenolic OH excluding ortho intramolecular Hbond substituents is 2. The molecular formula is C25H28O4. The summed E-state index contributed by atoms with van der Waals surface area (Å²) in [5, 5.41) is 20.7. The van der Waals surface area contributed by atoms with E-state index in [9.17, 15) is 10.2 Å². The highest BCUT2D eigenvalue weighted by Gasteiger charge is 2.42. The normalized spacial score (nSPS) is 18.6. The summed E-state index contributed by atoms with van der Waals surface area (Å²) in [5.41, 5.74) is 6.24. The van der Waals surface area contributed by atoms with Gasteiger partial charge in [-0.2, -0.15) is 0 Å². The van der Waals surface area contributed by atoms with Crippen LogP contribution in [0.4, 0.5) is 0 Å². The maximum Gasteiger partial charge on any atom is 0.138 e. The molecule has 2 unspecified atom stereocenters. The second-order valence-electron chi connectivity index (χ2n) is 8.47. The highest BCUT2D eigenvalue weighted by molar-refractivity contribution is 5.57. The van der Waals surface area contributed by atoms with Crippen molar-refractivity contribution in [2.45, 2.75) is 52.6 Å². The zero-order valence-corrected chi connectivity index (χ0v) is 17.5. The largest absolute Gasteiger partial charge is 0.508 e. The van der Waals surface area contributed by atoms with Crippen molar-refractivity contribution in [2.24, 2.45) is 0 Å². The number of benzene rings is 2. The standard InChI is InChI=1S/C25H28O4/c1-14(2)5-7-16-10-20-23(12-22(16)27)28-13-21-19-11-18(26)9-17(8-6-15(3)4)24(19)29-25(20)21/h5-6,9-12,21,25-27H,7-8,13H2,1-4H3. The Hall–Kier alpha value is -2.88. The lowest BCUT2D eigenvalue weighted by Crippen LogP contribution is -2.23. The maximum absolute atomic E-state index is 10.4. The van der Waals surface area contributed by atoms with Crippen LogP contribution in [-0.2, 0) is 12.8 Å². The van der Waals surface area contributed by atoms with Crippen molar-refractivity contribution in [3.63, 3.8) is 0 Å². The van der Waals surface area contributed by atoms with Gasteiger partial charge in [-0.05, 0) is 64.3 Å². The summed E-state index contributed by atoms with van der Waals surface area (Å²) in [6.07, 6.45) is 5.45. The van der Waals surface area contributed by atoms with E-state index in [-0.39, 0.29) is 23.5 Å². The molecule has 0 spiro atoms. The Morgan fingerprint density at radius 1 is 0.931 bits per heavy atom. The molecule has 0 bridgehead atoms. The third-order valence-corrected chi connectivity index (χ3v) is 5.59. The summed E-state index contributed by atoms with van der Waals surface area (Å²) < 4.78 is 12.4. The molecule has 4 rings (SSSR count). The Balaban J connectivity index is 1.73. The molecular weight excluding hydrogens is 364 g/mol. The van der Waals surface area contributed by atoms with E-state index in [4.69, 9.17) is 9.47 Å². The van der Waals surface area contributed by atoms with Crippen LogP contribution in [0.3, 0.4) is 0 Å². The molecule has 4 heteroatoms. The second-order valence-corrected chi connectivity index (χ2v) is 8.47. The van der Waals surface area contributed by atoms with Gasteiger partial charge >= 0.3 is 0 Å². The highest BCUT2D eigenvalue weighted by atomic mass is 16.5. The van der Waals surface area contributed by atoms with Crippen LogP contribution in [0.25, 0.3) is 0 Å². The minimum absolute atomic E-state index is 0.0240. The van der Waals surface area contributed by atoms with Crippen LogP contribution < -0.4 is 9.47 Å². The van der Waals surface area contributed by atoms with E-state index >= 15 is 0 Å². The lowest BCUT2D eigenvalue weighted by molar-refractivity contribution is 0.138. The number of allylic oxidation sites excluding steroid dienone is 4. The topological polar surface area (TPSA) is 58.9 Å². The minimum atomic E-state index is -0.174. The Bertz CT molecular complexity index is 1010. The van der Waals surface area contributed by atoms with Crippen LogP contribution in [0.15, 0.2) is 47.6 Å². The van der Waals surface area contributed by atoms with Gasteiger partial charge in [-0.1, -0.05) is 23.3 Å². The van der Waals surface area contributed by atoms with Crippen molar-refractivity contribution in [3.05, 3.63) is 69.8 Å². The third kappa shape index (κ3) is 3.71. The van der Waals surface area contributed by atoms with Crippen molar-refractivity contribution in [1.29, 1.82) is 0 Å². The number of fused-ring (bicyclic) bond motifs is 5. The van der Waals surface area contributed by atoms with E-state index < -0.39 is 0 Å². The van der Waals surface area contributed by atoms with Gasteiger partial charge in [-0.15, -0.1) is 0 Å². The molecule has 2 heterocycles. The number of aromatic hydroxyl groups is 2. The Morgan fingerprint density at radius 3 is 2.31 bits per heavy atom. The molecule has 0 radical (unpaired) electrons. The van der Waals surface area contributed by atoms with Crippen molar-refractivity contribution in [3.8, 4) is 23.0 Å². The van der Waals surface area contributed by atoms with Gasteiger partial charge in [-0.3, -0.25) is 0 Å². The van der Waals surface area contributed by atoms with Gasteiger partial charge < -0.3 is 19.7 Å². The second kappa shape index (κ2) is 7.51. The number of hydrogen-bond acceptors (Lipinski definition) is 4. The smallest absolute Gasteiger partial charge is 0.138 e. The zero-order chi connectivity index (χ0) is 20.7. The summed E-state index contributed by atoms with van der Waals surface area (Å²) in [4.78, 5) is 0. The molecule has 2 atom stereocenters. The molecule has 2 N–H and O–H groups in total. The lowest BCUT2D eigenvalue weighted by atomic mass is 9.87. The maximum atomic E-state index is 10.4. The minimum Gasteiger partial charge on any atom is -0.508 e. The Kier molecular flexibility index (Phi) is 5.03. The van der Waals surface area contributed by atoms with Crippen molar-refractivity contribution in [2.75, 3.05) is 6.61 Å². The van der Waals surface area contributed by atoms with E-state index in [1.54, 1.807) is 18.2 Å².